The highest BCUT2D eigenvalue weighted by Crippen LogP contribution is 2.22. The number of amides is 1. The van der Waals surface area contributed by atoms with Crippen molar-refractivity contribution in [2.24, 2.45) is 16.6 Å². The van der Waals surface area contributed by atoms with Gasteiger partial charge in [-0.2, -0.15) is 8.78 Å². The first-order valence-electron chi connectivity index (χ1n) is 9.89. The molecule has 1 fully saturated rings. The van der Waals surface area contributed by atoms with Gasteiger partial charge >= 0.3 is 6.61 Å². The van der Waals surface area contributed by atoms with Gasteiger partial charge in [0.1, 0.15) is 5.75 Å². The van der Waals surface area contributed by atoms with Crippen LogP contribution in [0, 0.1) is 12.8 Å². The number of nitrogens with one attached hydrogen (secondary N) is 2. The monoisotopic (exact) mass is 411 g/mol. The number of hydrogen-bond acceptors (Lipinski definition) is 4. The summed E-state index contributed by atoms with van der Waals surface area (Å²) in [5.41, 5.74) is 7.02. The molecule has 7 nitrogen and oxygen atoms in total. The molecule has 0 saturated carbocycles. The van der Waals surface area contributed by atoms with Crippen LogP contribution >= 0.6 is 0 Å². The van der Waals surface area contributed by atoms with Gasteiger partial charge < -0.3 is 26.0 Å². The van der Waals surface area contributed by atoms with E-state index < -0.39 is 6.61 Å². The van der Waals surface area contributed by atoms with E-state index in [0.29, 0.717) is 24.6 Å². The van der Waals surface area contributed by atoms with Crippen LogP contribution in [0.1, 0.15) is 30.4 Å². The van der Waals surface area contributed by atoms with Gasteiger partial charge in [-0.3, -0.25) is 9.79 Å². The van der Waals surface area contributed by atoms with E-state index in [-0.39, 0.29) is 17.6 Å². The van der Waals surface area contributed by atoms with Crippen molar-refractivity contribution in [3.8, 4) is 5.75 Å². The molecule has 1 aliphatic rings. The molecule has 1 aliphatic heterocycles. The maximum atomic E-state index is 12.6. The number of guanidine groups is 1. The van der Waals surface area contributed by atoms with E-state index in [9.17, 15) is 13.6 Å². The second kappa shape index (κ2) is 11.5. The highest BCUT2D eigenvalue weighted by atomic mass is 19.3. The van der Waals surface area contributed by atoms with E-state index in [1.54, 1.807) is 19.2 Å². The van der Waals surface area contributed by atoms with Crippen molar-refractivity contribution in [2.75, 3.05) is 33.2 Å². The second-order valence-corrected chi connectivity index (χ2v) is 7.24. The van der Waals surface area contributed by atoms with Crippen LogP contribution in [0.3, 0.4) is 0 Å². The summed E-state index contributed by atoms with van der Waals surface area (Å²) < 4.78 is 29.8. The Morgan fingerprint density at radius 1 is 1.41 bits per heavy atom. The third-order valence-corrected chi connectivity index (χ3v) is 4.95. The summed E-state index contributed by atoms with van der Waals surface area (Å²) in [5.74, 6) is 0.472. The van der Waals surface area contributed by atoms with Crippen LogP contribution in [0.4, 0.5) is 8.78 Å². The minimum Gasteiger partial charge on any atom is -0.434 e. The fourth-order valence-electron chi connectivity index (χ4n) is 3.46. The quantitative estimate of drug-likeness (QED) is 0.328. The summed E-state index contributed by atoms with van der Waals surface area (Å²) in [5, 5.41) is 6.35. The lowest BCUT2D eigenvalue weighted by Crippen LogP contribution is -2.42. The number of carbonyl (C=O) groups excluding carboxylic acids is 1. The fourth-order valence-corrected chi connectivity index (χ4v) is 3.46. The van der Waals surface area contributed by atoms with E-state index in [4.69, 9.17) is 5.73 Å². The van der Waals surface area contributed by atoms with E-state index >= 15 is 0 Å². The number of piperidine rings is 1. The standard InChI is InChI=1S/C20H31F2N5O2/c1-14-6-7-17(29-19(21)22)16(11-14)12-26-20(24-2)25-8-4-10-27-9-3-5-15(13-27)18(23)28/h6-7,11,15,19H,3-5,8-10,12-13H2,1-2H3,(H2,23,28)(H2,24,25,26). The third-order valence-electron chi connectivity index (χ3n) is 4.95. The molecule has 1 aromatic rings. The number of benzene rings is 1. The molecule has 1 saturated heterocycles. The molecule has 29 heavy (non-hydrogen) atoms. The molecule has 0 aromatic heterocycles. The van der Waals surface area contributed by atoms with Crippen LogP contribution in [0.25, 0.3) is 0 Å². The Morgan fingerprint density at radius 3 is 2.90 bits per heavy atom. The molecule has 1 aromatic carbocycles. The summed E-state index contributed by atoms with van der Waals surface area (Å²) in [6.45, 7) is 2.63. The summed E-state index contributed by atoms with van der Waals surface area (Å²) in [6.07, 6.45) is 2.75. The van der Waals surface area contributed by atoms with Crippen molar-refractivity contribution >= 4 is 11.9 Å². The van der Waals surface area contributed by atoms with Crippen molar-refractivity contribution in [1.82, 2.24) is 15.5 Å². The smallest absolute Gasteiger partial charge is 0.387 e. The molecule has 4 N–H and O–H groups in total. The van der Waals surface area contributed by atoms with Crippen molar-refractivity contribution < 1.29 is 18.3 Å². The summed E-state index contributed by atoms with van der Waals surface area (Å²) in [7, 11) is 1.66. The number of alkyl halides is 2. The summed E-state index contributed by atoms with van der Waals surface area (Å²) in [4.78, 5) is 17.8. The van der Waals surface area contributed by atoms with Gasteiger partial charge in [0.25, 0.3) is 0 Å². The van der Waals surface area contributed by atoms with Gasteiger partial charge in [-0.25, -0.2) is 0 Å². The largest absolute Gasteiger partial charge is 0.434 e. The average molecular weight is 411 g/mol. The predicted octanol–water partition coefficient (Wildman–Crippen LogP) is 1.85. The predicted molar refractivity (Wildman–Crippen MR) is 109 cm³/mol. The third kappa shape index (κ3) is 7.84. The fraction of sp³-hybridized carbons (Fsp3) is 0.600. The zero-order valence-electron chi connectivity index (χ0n) is 17.1. The lowest BCUT2D eigenvalue weighted by molar-refractivity contribution is -0.123. The number of ether oxygens (including phenoxy) is 1. The van der Waals surface area contributed by atoms with Crippen LogP contribution in [-0.2, 0) is 11.3 Å². The molecule has 0 bridgehead atoms. The molecule has 0 radical (unpaired) electrons. The van der Waals surface area contributed by atoms with E-state index in [0.717, 1.165) is 44.5 Å². The SMILES string of the molecule is CN=C(NCCCN1CCCC(C(N)=O)C1)NCc1cc(C)ccc1OC(F)F. The number of primary amides is 1. The Labute approximate surface area is 170 Å². The van der Waals surface area contributed by atoms with Gasteiger partial charge in [0.2, 0.25) is 5.91 Å². The molecule has 2 rings (SSSR count). The Bertz CT molecular complexity index is 699. The number of halogens is 2. The Balaban J connectivity index is 1.76. The van der Waals surface area contributed by atoms with Gasteiger partial charge in [0, 0.05) is 32.2 Å². The molecule has 162 valence electrons. The minimum absolute atomic E-state index is 0.0508. The number of likely N-dealkylation sites (tertiary alicyclic amines) is 1. The lowest BCUT2D eigenvalue weighted by atomic mass is 9.97. The molecule has 1 atom stereocenters. The minimum atomic E-state index is -2.86. The summed E-state index contributed by atoms with van der Waals surface area (Å²) in [6, 6.07) is 5.09. The number of rotatable bonds is 9. The zero-order valence-corrected chi connectivity index (χ0v) is 17.1. The number of nitrogens with zero attached hydrogens (tertiary/aromatic N) is 2. The van der Waals surface area contributed by atoms with Crippen LogP contribution in [0.15, 0.2) is 23.2 Å². The van der Waals surface area contributed by atoms with Crippen molar-refractivity contribution in [3.05, 3.63) is 29.3 Å². The molecular weight excluding hydrogens is 380 g/mol. The van der Waals surface area contributed by atoms with Crippen molar-refractivity contribution in [3.63, 3.8) is 0 Å². The van der Waals surface area contributed by atoms with Gasteiger partial charge in [0.05, 0.1) is 5.92 Å². The maximum absolute atomic E-state index is 12.6. The first kappa shape index (κ1) is 22.9. The van der Waals surface area contributed by atoms with Crippen LogP contribution < -0.4 is 21.1 Å². The topological polar surface area (TPSA) is 92.0 Å². The van der Waals surface area contributed by atoms with E-state index in [1.807, 2.05) is 13.0 Å². The van der Waals surface area contributed by atoms with Crippen molar-refractivity contribution in [1.29, 1.82) is 0 Å². The highest BCUT2D eigenvalue weighted by Gasteiger charge is 2.23. The number of aryl methyl sites for hydroxylation is 1. The van der Waals surface area contributed by atoms with Crippen LogP contribution in [0.5, 0.6) is 5.75 Å². The Kier molecular flexibility index (Phi) is 9.11. The molecule has 0 aliphatic carbocycles. The van der Waals surface area contributed by atoms with Crippen molar-refractivity contribution in [2.45, 2.75) is 39.3 Å². The number of nitrogens with two attached hydrogens (primary N) is 1. The number of carbonyl (C=O) groups is 1. The van der Waals surface area contributed by atoms with Gasteiger partial charge in [-0.1, -0.05) is 17.7 Å². The first-order valence-corrected chi connectivity index (χ1v) is 9.89. The molecular formula is C20H31F2N5O2. The van der Waals surface area contributed by atoms with Gasteiger partial charge in [-0.05, 0) is 45.3 Å². The second-order valence-electron chi connectivity index (χ2n) is 7.24. The van der Waals surface area contributed by atoms with Crippen LogP contribution in [0.2, 0.25) is 0 Å². The lowest BCUT2D eigenvalue weighted by Gasteiger charge is -2.31. The number of aliphatic imine (C=N–C) groups is 1. The molecule has 1 amide bonds. The van der Waals surface area contributed by atoms with Gasteiger partial charge in [0.15, 0.2) is 5.96 Å². The molecule has 0 spiro atoms. The highest BCUT2D eigenvalue weighted by molar-refractivity contribution is 5.79. The first-order chi connectivity index (χ1) is 13.9. The number of hydrogen-bond donors (Lipinski definition) is 3. The molecule has 1 heterocycles. The molecule has 9 heteroatoms. The Hall–Kier alpha value is -2.42. The van der Waals surface area contributed by atoms with Gasteiger partial charge in [-0.15, -0.1) is 0 Å². The van der Waals surface area contributed by atoms with E-state index in [2.05, 4.69) is 25.3 Å². The normalized spacial score (nSPS) is 18.0. The Morgan fingerprint density at radius 2 is 2.21 bits per heavy atom. The molecule has 1 unspecified atom stereocenters. The maximum Gasteiger partial charge on any atom is 0.387 e. The van der Waals surface area contributed by atoms with Crippen LogP contribution in [-0.4, -0.2) is 56.6 Å². The average Bonchev–Trinajstić information content (AvgIpc) is 2.69. The van der Waals surface area contributed by atoms with E-state index in [1.165, 1.54) is 0 Å². The zero-order chi connectivity index (χ0) is 21.2. The summed E-state index contributed by atoms with van der Waals surface area (Å²) >= 11 is 0.